The Bertz CT molecular complexity index is 783. The van der Waals surface area contributed by atoms with Gasteiger partial charge < -0.3 is 0 Å². The van der Waals surface area contributed by atoms with E-state index in [-0.39, 0.29) is 22.8 Å². The second-order valence-corrected chi connectivity index (χ2v) is 4.95. The highest BCUT2D eigenvalue weighted by molar-refractivity contribution is 8.93. The number of Topliss-reactive ketones (excluding diaryl/α,β-unsaturated/α-hetero) is 1. The van der Waals surface area contributed by atoms with E-state index in [1.807, 2.05) is 61.5 Å². The zero-order chi connectivity index (χ0) is 13.9. The van der Waals surface area contributed by atoms with Gasteiger partial charge in [-0.1, -0.05) is 36.4 Å². The van der Waals surface area contributed by atoms with Gasteiger partial charge in [-0.2, -0.15) is 0 Å². The molecule has 2 nitrogen and oxygen atoms in total. The number of hydrogen-bond donors (Lipinski definition) is 0. The van der Waals surface area contributed by atoms with E-state index in [0.717, 1.165) is 27.6 Å². The number of aromatic nitrogens is 1. The van der Waals surface area contributed by atoms with Gasteiger partial charge in [0.1, 0.15) is 0 Å². The van der Waals surface area contributed by atoms with Crippen LogP contribution in [-0.4, -0.2) is 10.8 Å². The van der Waals surface area contributed by atoms with E-state index >= 15 is 0 Å². The Hall–Kier alpha value is -2.00. The monoisotopic (exact) mass is 341 g/mol. The first kappa shape index (κ1) is 15.4. The fourth-order valence-electron chi connectivity index (χ4n) is 2.40. The van der Waals surface area contributed by atoms with Crippen molar-refractivity contribution in [3.05, 3.63) is 77.5 Å². The van der Waals surface area contributed by atoms with Crippen LogP contribution in [0, 0.1) is 6.92 Å². The lowest BCUT2D eigenvalue weighted by Crippen LogP contribution is -2.05. The fourth-order valence-corrected chi connectivity index (χ4v) is 2.40. The van der Waals surface area contributed by atoms with Crippen LogP contribution in [0.2, 0.25) is 0 Å². The molecule has 0 unspecified atom stereocenters. The van der Waals surface area contributed by atoms with Gasteiger partial charge in [-0.3, -0.25) is 9.78 Å². The van der Waals surface area contributed by atoms with Crippen molar-refractivity contribution in [2.45, 2.75) is 13.3 Å². The summed E-state index contributed by atoms with van der Waals surface area (Å²) >= 11 is 0. The molecular formula is C18H16BrNO. The van der Waals surface area contributed by atoms with Gasteiger partial charge in [-0.15, -0.1) is 17.0 Å². The van der Waals surface area contributed by atoms with E-state index in [1.165, 1.54) is 0 Å². The first-order valence-corrected chi connectivity index (χ1v) is 6.66. The van der Waals surface area contributed by atoms with E-state index in [4.69, 9.17) is 0 Å². The topological polar surface area (TPSA) is 30.0 Å². The van der Waals surface area contributed by atoms with Gasteiger partial charge in [0, 0.05) is 23.6 Å². The molecule has 0 bridgehead atoms. The lowest BCUT2D eigenvalue weighted by Gasteiger charge is -2.05. The highest BCUT2D eigenvalue weighted by atomic mass is 79.9. The molecule has 0 saturated heterocycles. The molecule has 0 fully saturated rings. The standard InChI is InChI=1S/C18H15NO.BrH/c1-13-5-2-3-7-16(13)18(20)12-14-8-9-17-15(11-14)6-4-10-19-17;/h2-11H,12H2,1H3;1H. The van der Waals surface area contributed by atoms with Crippen molar-refractivity contribution < 1.29 is 4.79 Å². The van der Waals surface area contributed by atoms with E-state index < -0.39 is 0 Å². The lowest BCUT2D eigenvalue weighted by atomic mass is 9.98. The second kappa shape index (κ2) is 6.64. The lowest BCUT2D eigenvalue weighted by molar-refractivity contribution is 0.0992. The summed E-state index contributed by atoms with van der Waals surface area (Å²) in [7, 11) is 0. The quantitative estimate of drug-likeness (QED) is 0.654. The summed E-state index contributed by atoms with van der Waals surface area (Å²) in [5, 5.41) is 1.07. The van der Waals surface area contributed by atoms with Gasteiger partial charge >= 0.3 is 0 Å². The molecule has 3 heteroatoms. The molecule has 106 valence electrons. The third-order valence-electron chi connectivity index (χ3n) is 3.48. The predicted octanol–water partition coefficient (Wildman–Crippen LogP) is 4.55. The van der Waals surface area contributed by atoms with Crippen molar-refractivity contribution in [1.29, 1.82) is 0 Å². The molecule has 0 aliphatic heterocycles. The molecule has 1 heterocycles. The van der Waals surface area contributed by atoms with E-state index in [2.05, 4.69) is 4.98 Å². The summed E-state index contributed by atoms with van der Waals surface area (Å²) in [5.41, 5.74) is 3.82. The molecule has 0 aliphatic carbocycles. The van der Waals surface area contributed by atoms with Gasteiger partial charge in [0.05, 0.1) is 5.52 Å². The van der Waals surface area contributed by atoms with Crippen molar-refractivity contribution in [1.82, 2.24) is 4.98 Å². The molecule has 0 atom stereocenters. The van der Waals surface area contributed by atoms with Crippen LogP contribution >= 0.6 is 17.0 Å². The third kappa shape index (κ3) is 3.37. The van der Waals surface area contributed by atoms with Crippen LogP contribution in [-0.2, 0) is 6.42 Å². The van der Waals surface area contributed by atoms with Crippen LogP contribution in [0.5, 0.6) is 0 Å². The summed E-state index contributed by atoms with van der Waals surface area (Å²) in [4.78, 5) is 16.6. The van der Waals surface area contributed by atoms with Crippen LogP contribution in [0.4, 0.5) is 0 Å². The molecule has 0 spiro atoms. The van der Waals surface area contributed by atoms with Crippen molar-refractivity contribution in [2.75, 3.05) is 0 Å². The zero-order valence-corrected chi connectivity index (χ0v) is 13.5. The van der Waals surface area contributed by atoms with Crippen LogP contribution in [0.1, 0.15) is 21.5 Å². The number of rotatable bonds is 3. The molecule has 21 heavy (non-hydrogen) atoms. The maximum absolute atomic E-state index is 12.4. The molecule has 0 aliphatic rings. The number of benzene rings is 2. The second-order valence-electron chi connectivity index (χ2n) is 4.95. The molecule has 0 N–H and O–H groups in total. The van der Waals surface area contributed by atoms with Gasteiger partial charge in [0.2, 0.25) is 0 Å². The maximum Gasteiger partial charge on any atom is 0.167 e. The van der Waals surface area contributed by atoms with Gasteiger partial charge in [-0.05, 0) is 36.2 Å². The predicted molar refractivity (Wildman–Crippen MR) is 91.3 cm³/mol. The fraction of sp³-hybridized carbons (Fsp3) is 0.111. The first-order valence-electron chi connectivity index (χ1n) is 6.66. The van der Waals surface area contributed by atoms with Crippen molar-refractivity contribution >= 4 is 33.7 Å². The summed E-state index contributed by atoms with van der Waals surface area (Å²) in [6, 6.07) is 17.6. The maximum atomic E-state index is 12.4. The number of halogens is 1. The summed E-state index contributed by atoms with van der Waals surface area (Å²) in [5.74, 6) is 0.159. The van der Waals surface area contributed by atoms with Crippen LogP contribution < -0.4 is 0 Å². The summed E-state index contributed by atoms with van der Waals surface area (Å²) < 4.78 is 0. The first-order chi connectivity index (χ1) is 9.74. The summed E-state index contributed by atoms with van der Waals surface area (Å²) in [6.45, 7) is 1.97. The number of aryl methyl sites for hydroxylation is 1. The molecule has 0 saturated carbocycles. The van der Waals surface area contributed by atoms with E-state index in [9.17, 15) is 4.79 Å². The molecule has 0 amide bonds. The number of fused-ring (bicyclic) bond motifs is 1. The largest absolute Gasteiger partial charge is 0.294 e. The average molecular weight is 342 g/mol. The highest BCUT2D eigenvalue weighted by Crippen LogP contribution is 2.16. The Labute approximate surface area is 134 Å². The number of carbonyl (C=O) groups is 1. The number of hydrogen-bond acceptors (Lipinski definition) is 2. The van der Waals surface area contributed by atoms with Crippen LogP contribution in [0.25, 0.3) is 10.9 Å². The number of pyridine rings is 1. The SMILES string of the molecule is Br.Cc1ccccc1C(=O)Cc1ccc2ncccc2c1. The molecule has 1 aromatic heterocycles. The molecule has 3 rings (SSSR count). The minimum atomic E-state index is 0. The average Bonchev–Trinajstić information content (AvgIpc) is 2.47. The zero-order valence-electron chi connectivity index (χ0n) is 11.7. The van der Waals surface area contributed by atoms with Crippen molar-refractivity contribution in [3.63, 3.8) is 0 Å². The molecular weight excluding hydrogens is 326 g/mol. The van der Waals surface area contributed by atoms with Gasteiger partial charge in [0.15, 0.2) is 5.78 Å². The van der Waals surface area contributed by atoms with Gasteiger partial charge in [0.25, 0.3) is 0 Å². The normalized spacial score (nSPS) is 10.1. The summed E-state index contributed by atoms with van der Waals surface area (Å²) in [6.07, 6.45) is 2.20. The number of carbonyl (C=O) groups excluding carboxylic acids is 1. The number of ketones is 1. The number of nitrogens with zero attached hydrogens (tertiary/aromatic N) is 1. The third-order valence-corrected chi connectivity index (χ3v) is 3.48. The molecule has 2 aromatic carbocycles. The van der Waals surface area contributed by atoms with Crippen LogP contribution in [0.3, 0.4) is 0 Å². The van der Waals surface area contributed by atoms with Crippen molar-refractivity contribution in [3.8, 4) is 0 Å². The molecule has 3 aromatic rings. The van der Waals surface area contributed by atoms with E-state index in [0.29, 0.717) is 6.42 Å². The Kier molecular flexibility index (Phi) is 4.86. The van der Waals surface area contributed by atoms with Crippen LogP contribution in [0.15, 0.2) is 60.8 Å². The van der Waals surface area contributed by atoms with Gasteiger partial charge in [-0.25, -0.2) is 0 Å². The highest BCUT2D eigenvalue weighted by Gasteiger charge is 2.09. The Morgan fingerprint density at radius 1 is 1.05 bits per heavy atom. The smallest absolute Gasteiger partial charge is 0.167 e. The Morgan fingerprint density at radius 3 is 2.67 bits per heavy atom. The van der Waals surface area contributed by atoms with E-state index in [1.54, 1.807) is 6.20 Å². The minimum absolute atomic E-state index is 0. The van der Waals surface area contributed by atoms with Crippen molar-refractivity contribution in [2.24, 2.45) is 0 Å². The minimum Gasteiger partial charge on any atom is -0.294 e. The Morgan fingerprint density at radius 2 is 1.86 bits per heavy atom. The Balaban J connectivity index is 0.00000161. The molecule has 0 radical (unpaired) electrons.